The lowest BCUT2D eigenvalue weighted by atomic mass is 9.98. The Balaban J connectivity index is 2.31. The maximum Gasteiger partial charge on any atom is 0.411 e. The van der Waals surface area contributed by atoms with Crippen molar-refractivity contribution < 1.29 is 17.9 Å². The molecule has 0 bridgehead atoms. The monoisotopic (exact) mass is 402 g/mol. The highest BCUT2D eigenvalue weighted by Gasteiger charge is 2.27. The SMILES string of the molecule is FC(F)(F)COCCC(CBr)Cc1ccc(Br)cc1. The summed E-state index contributed by atoms with van der Waals surface area (Å²) >= 11 is 6.76. The molecule has 0 aliphatic carbocycles. The minimum Gasteiger partial charge on any atom is -0.372 e. The Morgan fingerprint density at radius 1 is 1.16 bits per heavy atom. The lowest BCUT2D eigenvalue weighted by Gasteiger charge is -2.15. The van der Waals surface area contributed by atoms with Crippen LogP contribution in [0.2, 0.25) is 0 Å². The van der Waals surface area contributed by atoms with Crippen LogP contribution >= 0.6 is 31.9 Å². The van der Waals surface area contributed by atoms with Crippen molar-refractivity contribution in [1.82, 2.24) is 0 Å². The van der Waals surface area contributed by atoms with Crippen molar-refractivity contribution in [2.24, 2.45) is 5.92 Å². The van der Waals surface area contributed by atoms with E-state index in [1.165, 1.54) is 5.56 Å². The molecule has 0 N–H and O–H groups in total. The van der Waals surface area contributed by atoms with E-state index in [1.54, 1.807) is 0 Å². The summed E-state index contributed by atoms with van der Waals surface area (Å²) in [6.45, 7) is -1.04. The smallest absolute Gasteiger partial charge is 0.372 e. The van der Waals surface area contributed by atoms with Crippen molar-refractivity contribution in [1.29, 1.82) is 0 Å². The Morgan fingerprint density at radius 2 is 1.79 bits per heavy atom. The molecule has 0 heterocycles. The molecule has 0 saturated heterocycles. The molecule has 0 aliphatic rings. The third-order valence-electron chi connectivity index (χ3n) is 2.59. The maximum absolute atomic E-state index is 11.9. The van der Waals surface area contributed by atoms with E-state index < -0.39 is 12.8 Å². The highest BCUT2D eigenvalue weighted by Crippen LogP contribution is 2.19. The van der Waals surface area contributed by atoms with Gasteiger partial charge in [0.15, 0.2) is 0 Å². The van der Waals surface area contributed by atoms with E-state index in [0.29, 0.717) is 6.42 Å². The van der Waals surface area contributed by atoms with Crippen molar-refractivity contribution in [3.8, 4) is 0 Å². The Hall–Kier alpha value is -0.0700. The number of ether oxygens (including phenoxy) is 1. The van der Waals surface area contributed by atoms with Crippen LogP contribution in [0.1, 0.15) is 12.0 Å². The minimum absolute atomic E-state index is 0.131. The molecule has 0 fully saturated rings. The van der Waals surface area contributed by atoms with Gasteiger partial charge in [0, 0.05) is 16.4 Å². The average Bonchev–Trinajstić information content (AvgIpc) is 2.34. The first kappa shape index (κ1) is 17.0. The van der Waals surface area contributed by atoms with Gasteiger partial charge in [-0.15, -0.1) is 0 Å². The third-order valence-corrected chi connectivity index (χ3v) is 4.04. The Morgan fingerprint density at radius 3 is 2.32 bits per heavy atom. The summed E-state index contributed by atoms with van der Waals surface area (Å²) in [5, 5.41) is 0.748. The van der Waals surface area contributed by atoms with Crippen LogP contribution < -0.4 is 0 Å². The molecule has 0 amide bonds. The highest BCUT2D eigenvalue weighted by molar-refractivity contribution is 9.10. The summed E-state index contributed by atoms with van der Waals surface area (Å²) in [5.41, 5.74) is 1.17. The van der Waals surface area contributed by atoms with E-state index in [4.69, 9.17) is 0 Å². The zero-order valence-corrected chi connectivity index (χ0v) is 13.4. The predicted molar refractivity (Wildman–Crippen MR) is 76.6 cm³/mol. The summed E-state index contributed by atoms with van der Waals surface area (Å²) in [5.74, 6) is 0.273. The van der Waals surface area contributed by atoms with Crippen molar-refractivity contribution in [2.75, 3.05) is 18.5 Å². The molecule has 1 atom stereocenters. The van der Waals surface area contributed by atoms with E-state index in [0.717, 1.165) is 16.2 Å². The number of hydrogen-bond donors (Lipinski definition) is 0. The van der Waals surface area contributed by atoms with Crippen LogP contribution in [0.5, 0.6) is 0 Å². The second-order valence-corrected chi connectivity index (χ2v) is 5.87. The molecule has 0 aliphatic heterocycles. The summed E-state index contributed by atoms with van der Waals surface area (Å²) in [4.78, 5) is 0. The van der Waals surface area contributed by atoms with E-state index >= 15 is 0 Å². The van der Waals surface area contributed by atoms with Gasteiger partial charge in [0.2, 0.25) is 0 Å². The Bertz CT molecular complexity index is 365. The van der Waals surface area contributed by atoms with Gasteiger partial charge >= 0.3 is 6.18 Å². The first-order chi connectivity index (χ1) is 8.90. The van der Waals surface area contributed by atoms with E-state index in [-0.39, 0.29) is 12.5 Å². The van der Waals surface area contributed by atoms with Crippen LogP contribution in [-0.2, 0) is 11.2 Å². The number of alkyl halides is 4. The molecule has 0 saturated carbocycles. The van der Waals surface area contributed by atoms with Gasteiger partial charge in [-0.2, -0.15) is 13.2 Å². The van der Waals surface area contributed by atoms with Crippen LogP contribution in [-0.4, -0.2) is 24.7 Å². The second kappa shape index (κ2) is 8.27. The van der Waals surface area contributed by atoms with E-state index in [1.807, 2.05) is 24.3 Å². The van der Waals surface area contributed by atoms with Gasteiger partial charge in [-0.1, -0.05) is 44.0 Å². The first-order valence-corrected chi connectivity index (χ1v) is 7.77. The van der Waals surface area contributed by atoms with Crippen LogP contribution in [0.3, 0.4) is 0 Å². The third kappa shape index (κ3) is 7.95. The van der Waals surface area contributed by atoms with Crippen LogP contribution in [0, 0.1) is 5.92 Å². The maximum atomic E-state index is 11.9. The molecule has 0 aromatic heterocycles. The lowest BCUT2D eigenvalue weighted by Crippen LogP contribution is -2.19. The highest BCUT2D eigenvalue weighted by atomic mass is 79.9. The second-order valence-electron chi connectivity index (χ2n) is 4.31. The molecule has 1 aromatic carbocycles. The molecular weight excluding hydrogens is 389 g/mol. The summed E-state index contributed by atoms with van der Waals surface area (Å²) in [7, 11) is 0. The van der Waals surface area contributed by atoms with Crippen LogP contribution in [0.4, 0.5) is 13.2 Å². The predicted octanol–water partition coefficient (Wildman–Crippen LogP) is 4.97. The van der Waals surface area contributed by atoms with Crippen LogP contribution in [0.25, 0.3) is 0 Å². The normalized spacial score (nSPS) is 13.5. The molecule has 108 valence electrons. The molecule has 1 aromatic rings. The molecule has 1 rings (SSSR count). The van der Waals surface area contributed by atoms with Crippen molar-refractivity contribution in [3.63, 3.8) is 0 Å². The lowest BCUT2D eigenvalue weighted by molar-refractivity contribution is -0.174. The minimum atomic E-state index is -4.24. The zero-order chi connectivity index (χ0) is 14.3. The fourth-order valence-electron chi connectivity index (χ4n) is 1.63. The van der Waals surface area contributed by atoms with Gasteiger partial charge in [0.25, 0.3) is 0 Å². The number of benzene rings is 1. The first-order valence-electron chi connectivity index (χ1n) is 5.85. The molecule has 1 unspecified atom stereocenters. The average molecular weight is 404 g/mol. The van der Waals surface area contributed by atoms with E-state index in [9.17, 15) is 13.2 Å². The summed E-state index contributed by atoms with van der Waals surface area (Å²) in [6.07, 6.45) is -2.80. The number of rotatable bonds is 7. The Kier molecular flexibility index (Phi) is 7.39. The standard InChI is InChI=1S/C13H15Br2F3O/c14-8-11(5-6-19-9-13(16,17)18)7-10-1-3-12(15)4-2-10/h1-4,11H,5-9H2. The van der Waals surface area contributed by atoms with E-state index in [2.05, 4.69) is 36.6 Å². The molecule has 0 spiro atoms. The number of hydrogen-bond acceptors (Lipinski definition) is 1. The van der Waals surface area contributed by atoms with Gasteiger partial charge in [-0.25, -0.2) is 0 Å². The molecular formula is C13H15Br2F3O. The summed E-state index contributed by atoms with van der Waals surface area (Å²) < 4.78 is 41.4. The molecule has 1 nitrogen and oxygen atoms in total. The summed E-state index contributed by atoms with van der Waals surface area (Å²) in [6, 6.07) is 7.94. The molecule has 6 heteroatoms. The topological polar surface area (TPSA) is 9.23 Å². The van der Waals surface area contributed by atoms with Crippen molar-refractivity contribution in [3.05, 3.63) is 34.3 Å². The fraction of sp³-hybridized carbons (Fsp3) is 0.538. The Labute approximate surface area is 127 Å². The van der Waals surface area contributed by atoms with Gasteiger partial charge in [0.1, 0.15) is 6.61 Å². The number of halogens is 5. The largest absolute Gasteiger partial charge is 0.411 e. The quantitative estimate of drug-likeness (QED) is 0.461. The van der Waals surface area contributed by atoms with Gasteiger partial charge < -0.3 is 4.74 Å². The fourth-order valence-corrected chi connectivity index (χ4v) is 2.44. The zero-order valence-electron chi connectivity index (χ0n) is 10.2. The molecule has 19 heavy (non-hydrogen) atoms. The van der Waals surface area contributed by atoms with Crippen molar-refractivity contribution in [2.45, 2.75) is 19.0 Å². The molecule has 0 radical (unpaired) electrons. The van der Waals surface area contributed by atoms with Crippen LogP contribution in [0.15, 0.2) is 28.7 Å². The van der Waals surface area contributed by atoms with Crippen molar-refractivity contribution >= 4 is 31.9 Å². The van der Waals surface area contributed by atoms with Gasteiger partial charge in [-0.05, 0) is 36.5 Å². The van der Waals surface area contributed by atoms with Gasteiger partial charge in [-0.3, -0.25) is 0 Å². The van der Waals surface area contributed by atoms with Gasteiger partial charge in [0.05, 0.1) is 0 Å².